The summed E-state index contributed by atoms with van der Waals surface area (Å²) >= 11 is 0. The van der Waals surface area contributed by atoms with Gasteiger partial charge in [0.2, 0.25) is 21.8 Å². The van der Waals surface area contributed by atoms with E-state index in [9.17, 15) is 18.0 Å². The lowest BCUT2D eigenvalue weighted by atomic mass is 9.90. The highest BCUT2D eigenvalue weighted by Crippen LogP contribution is 2.42. The molecule has 9 nitrogen and oxygen atoms in total. The zero-order chi connectivity index (χ0) is 24.0. The molecule has 1 N–H and O–H groups in total. The Labute approximate surface area is 192 Å². The number of methoxy groups -OCH3 is 2. The van der Waals surface area contributed by atoms with Gasteiger partial charge >= 0.3 is 0 Å². The first-order valence-corrected chi connectivity index (χ1v) is 12.0. The molecule has 1 saturated heterocycles. The van der Waals surface area contributed by atoms with Gasteiger partial charge in [-0.15, -0.1) is 0 Å². The van der Waals surface area contributed by atoms with Crippen LogP contribution in [0.15, 0.2) is 41.3 Å². The van der Waals surface area contributed by atoms with Crippen LogP contribution in [0.3, 0.4) is 0 Å². The molecule has 0 saturated carbocycles. The van der Waals surface area contributed by atoms with Crippen molar-refractivity contribution in [3.05, 3.63) is 42.0 Å². The van der Waals surface area contributed by atoms with Gasteiger partial charge in [0.25, 0.3) is 0 Å². The Kier molecular flexibility index (Phi) is 5.83. The third-order valence-electron chi connectivity index (χ3n) is 5.72. The highest BCUT2D eigenvalue weighted by Gasteiger charge is 2.37. The maximum atomic E-state index is 13.4. The monoisotopic (exact) mass is 474 g/mol. The molecule has 2 aromatic carbocycles. The number of carbonyl (C=O) groups excluding carboxylic acids is 2. The Balaban J connectivity index is 1.72. The van der Waals surface area contributed by atoms with Crippen molar-refractivity contribution < 1.29 is 32.2 Å². The Bertz CT molecular complexity index is 1210. The molecule has 2 aliphatic heterocycles. The number of nitrogens with zero attached hydrogens (tertiary/aromatic N) is 1. The fourth-order valence-corrected chi connectivity index (χ4v) is 5.41. The van der Waals surface area contributed by atoms with Gasteiger partial charge in [-0.1, -0.05) is 0 Å². The van der Waals surface area contributed by atoms with Gasteiger partial charge in [0.15, 0.2) is 0 Å². The van der Waals surface area contributed by atoms with Gasteiger partial charge in [-0.05, 0) is 50.2 Å². The molecular weight excluding hydrogens is 448 g/mol. The van der Waals surface area contributed by atoms with E-state index in [0.29, 0.717) is 23.5 Å². The topological polar surface area (TPSA) is 111 Å². The largest absolute Gasteiger partial charge is 0.497 e. The van der Waals surface area contributed by atoms with Crippen molar-refractivity contribution in [2.24, 2.45) is 0 Å². The van der Waals surface area contributed by atoms with Gasteiger partial charge in [0.05, 0.1) is 30.8 Å². The van der Waals surface area contributed by atoms with Crippen molar-refractivity contribution in [3.63, 3.8) is 0 Å². The van der Waals surface area contributed by atoms with Crippen LogP contribution in [-0.2, 0) is 19.6 Å². The van der Waals surface area contributed by atoms with Crippen LogP contribution in [0.1, 0.15) is 44.7 Å². The second-order valence-corrected chi connectivity index (χ2v) is 10.3. The lowest BCUT2D eigenvalue weighted by molar-refractivity contribution is -0.121. The summed E-state index contributed by atoms with van der Waals surface area (Å²) in [5.74, 6) is 0.600. The third kappa shape index (κ3) is 4.40. The number of anilines is 1. The first-order valence-electron chi connectivity index (χ1n) is 10.5. The lowest BCUT2D eigenvalue weighted by Crippen LogP contribution is -2.41. The number of carbonyl (C=O) groups is 2. The molecule has 176 valence electrons. The van der Waals surface area contributed by atoms with Crippen LogP contribution in [0.5, 0.6) is 17.2 Å². The van der Waals surface area contributed by atoms with Crippen molar-refractivity contribution >= 4 is 27.5 Å². The molecule has 1 atom stereocenters. The van der Waals surface area contributed by atoms with Gasteiger partial charge < -0.3 is 14.2 Å². The zero-order valence-corrected chi connectivity index (χ0v) is 19.7. The minimum Gasteiger partial charge on any atom is -0.497 e. The Morgan fingerprint density at radius 2 is 1.73 bits per heavy atom. The first-order chi connectivity index (χ1) is 15.5. The van der Waals surface area contributed by atoms with E-state index < -0.39 is 33.5 Å². The van der Waals surface area contributed by atoms with E-state index in [0.717, 1.165) is 4.90 Å². The van der Waals surface area contributed by atoms with E-state index in [4.69, 9.17) is 14.2 Å². The maximum absolute atomic E-state index is 13.4. The van der Waals surface area contributed by atoms with E-state index in [1.807, 2.05) is 13.8 Å². The quantitative estimate of drug-likeness (QED) is 0.641. The summed E-state index contributed by atoms with van der Waals surface area (Å²) in [6, 6.07) is 8.79. The van der Waals surface area contributed by atoms with Crippen LogP contribution in [0, 0.1) is 0 Å². The van der Waals surface area contributed by atoms with E-state index in [-0.39, 0.29) is 29.2 Å². The number of rotatable bonds is 6. The SMILES string of the molecule is COc1ccc2c(c1)[C@H](NS(=O)(=O)c1ccc(OC)c(N3C(=O)CCC3=O)c1)CC(C)(C)O2. The van der Waals surface area contributed by atoms with Gasteiger partial charge in [0.1, 0.15) is 22.8 Å². The standard InChI is InChI=1S/C23H26N2O7S/c1-23(2)13-17(16-11-14(30-3)5-7-19(16)32-23)24-33(28,29)15-6-8-20(31-4)18(12-15)25-21(26)9-10-22(25)27/h5-8,11-12,17,24H,9-10,13H2,1-4H3/t17-/m1/s1. The highest BCUT2D eigenvalue weighted by atomic mass is 32.2. The summed E-state index contributed by atoms with van der Waals surface area (Å²) in [6.45, 7) is 3.77. The summed E-state index contributed by atoms with van der Waals surface area (Å²) in [7, 11) is -1.11. The summed E-state index contributed by atoms with van der Waals surface area (Å²) < 4.78 is 46.1. The second-order valence-electron chi connectivity index (χ2n) is 8.60. The van der Waals surface area contributed by atoms with Crippen molar-refractivity contribution in [3.8, 4) is 17.2 Å². The fourth-order valence-electron chi connectivity index (χ4n) is 4.18. The predicted octanol–water partition coefficient (Wildman–Crippen LogP) is 2.94. The number of fused-ring (bicyclic) bond motifs is 1. The predicted molar refractivity (Wildman–Crippen MR) is 120 cm³/mol. The van der Waals surface area contributed by atoms with Crippen LogP contribution >= 0.6 is 0 Å². The van der Waals surface area contributed by atoms with Gasteiger partial charge in [-0.3, -0.25) is 9.59 Å². The van der Waals surface area contributed by atoms with Crippen molar-refractivity contribution in [2.45, 2.75) is 49.6 Å². The number of imide groups is 1. The third-order valence-corrected chi connectivity index (χ3v) is 7.19. The first kappa shape index (κ1) is 23.1. The number of sulfonamides is 1. The Morgan fingerprint density at radius 1 is 1.03 bits per heavy atom. The maximum Gasteiger partial charge on any atom is 0.241 e. The smallest absolute Gasteiger partial charge is 0.241 e. The molecule has 0 unspecified atom stereocenters. The second kappa shape index (κ2) is 8.35. The molecule has 2 heterocycles. The summed E-state index contributed by atoms with van der Waals surface area (Å²) in [6.07, 6.45) is 0.540. The lowest BCUT2D eigenvalue weighted by Gasteiger charge is -2.37. The molecule has 2 amide bonds. The Hall–Kier alpha value is -3.11. The van der Waals surface area contributed by atoms with E-state index in [1.165, 1.54) is 32.4 Å². The number of hydrogen-bond donors (Lipinski definition) is 1. The fraction of sp³-hybridized carbons (Fsp3) is 0.391. The van der Waals surface area contributed by atoms with Crippen molar-refractivity contribution in [2.75, 3.05) is 19.1 Å². The average molecular weight is 475 g/mol. The minimum atomic E-state index is -4.04. The molecule has 2 aliphatic rings. The van der Waals surface area contributed by atoms with Crippen molar-refractivity contribution in [1.82, 2.24) is 4.72 Å². The average Bonchev–Trinajstić information content (AvgIpc) is 3.09. The number of amides is 2. The summed E-state index contributed by atoms with van der Waals surface area (Å²) in [5, 5.41) is 0. The van der Waals surface area contributed by atoms with Crippen LogP contribution in [0.2, 0.25) is 0 Å². The van der Waals surface area contributed by atoms with Crippen LogP contribution in [0.4, 0.5) is 5.69 Å². The molecule has 0 spiro atoms. The zero-order valence-electron chi connectivity index (χ0n) is 18.9. The van der Waals surface area contributed by atoms with Gasteiger partial charge in [0, 0.05) is 24.8 Å². The number of hydrogen-bond acceptors (Lipinski definition) is 7. The van der Waals surface area contributed by atoms with E-state index in [1.54, 1.807) is 18.2 Å². The molecule has 0 aliphatic carbocycles. The molecule has 1 fully saturated rings. The molecule has 0 bridgehead atoms. The molecule has 2 aromatic rings. The number of nitrogens with one attached hydrogen (secondary N) is 1. The molecular formula is C23H26N2O7S. The van der Waals surface area contributed by atoms with Crippen LogP contribution in [-0.4, -0.2) is 40.1 Å². The van der Waals surface area contributed by atoms with Crippen LogP contribution < -0.4 is 23.8 Å². The summed E-state index contributed by atoms with van der Waals surface area (Å²) in [4.78, 5) is 25.4. The summed E-state index contributed by atoms with van der Waals surface area (Å²) in [5.41, 5.74) is 0.173. The van der Waals surface area contributed by atoms with E-state index >= 15 is 0 Å². The van der Waals surface area contributed by atoms with Crippen LogP contribution in [0.25, 0.3) is 0 Å². The highest BCUT2D eigenvalue weighted by molar-refractivity contribution is 7.89. The number of ether oxygens (including phenoxy) is 3. The molecule has 33 heavy (non-hydrogen) atoms. The molecule has 4 rings (SSSR count). The minimum absolute atomic E-state index is 0.0764. The van der Waals surface area contributed by atoms with Gasteiger partial charge in [-0.25, -0.2) is 18.0 Å². The number of benzene rings is 2. The normalized spacial score (nSPS) is 19.8. The molecule has 10 heteroatoms. The Morgan fingerprint density at radius 3 is 2.36 bits per heavy atom. The molecule has 0 aromatic heterocycles. The molecule has 0 radical (unpaired) electrons. The van der Waals surface area contributed by atoms with Gasteiger partial charge in [-0.2, -0.15) is 0 Å². The van der Waals surface area contributed by atoms with Crippen molar-refractivity contribution in [1.29, 1.82) is 0 Å². The van der Waals surface area contributed by atoms with E-state index in [2.05, 4.69) is 4.72 Å².